The van der Waals surface area contributed by atoms with E-state index in [2.05, 4.69) is 30.5 Å². The van der Waals surface area contributed by atoms with Crippen LogP contribution < -0.4 is 10.6 Å². The Hall–Kier alpha value is -1.51. The van der Waals surface area contributed by atoms with E-state index in [9.17, 15) is 4.79 Å². The Kier molecular flexibility index (Phi) is 3.68. The molecule has 0 heterocycles. The highest BCUT2D eigenvalue weighted by Crippen LogP contribution is 2.44. The molecule has 0 saturated heterocycles. The first-order valence-corrected chi connectivity index (χ1v) is 7.84. The zero-order chi connectivity index (χ0) is 14.1. The van der Waals surface area contributed by atoms with Gasteiger partial charge in [-0.3, -0.25) is 4.79 Å². The summed E-state index contributed by atoms with van der Waals surface area (Å²) in [6.45, 7) is 4.94. The molecule has 2 aliphatic carbocycles. The first kappa shape index (κ1) is 13.5. The van der Waals surface area contributed by atoms with Crippen LogP contribution in [0.15, 0.2) is 18.2 Å². The minimum Gasteiger partial charge on any atom is -0.385 e. The number of amides is 1. The summed E-state index contributed by atoms with van der Waals surface area (Å²) >= 11 is 0. The van der Waals surface area contributed by atoms with Gasteiger partial charge in [0.05, 0.1) is 5.56 Å². The summed E-state index contributed by atoms with van der Waals surface area (Å²) in [6.07, 6.45) is 5.15. The van der Waals surface area contributed by atoms with E-state index in [0.717, 1.165) is 29.6 Å². The minimum absolute atomic E-state index is 0.0877. The number of aryl methyl sites for hydroxylation is 1. The van der Waals surface area contributed by atoms with Crippen LogP contribution in [0.2, 0.25) is 0 Å². The van der Waals surface area contributed by atoms with Crippen LogP contribution in [0.4, 0.5) is 5.69 Å². The van der Waals surface area contributed by atoms with E-state index >= 15 is 0 Å². The molecule has 2 saturated carbocycles. The monoisotopic (exact) mass is 272 g/mol. The van der Waals surface area contributed by atoms with E-state index in [1.54, 1.807) is 0 Å². The van der Waals surface area contributed by atoms with Crippen LogP contribution in [0.3, 0.4) is 0 Å². The topological polar surface area (TPSA) is 41.1 Å². The smallest absolute Gasteiger partial charge is 0.253 e. The summed E-state index contributed by atoms with van der Waals surface area (Å²) in [5, 5.41) is 6.60. The summed E-state index contributed by atoms with van der Waals surface area (Å²) in [5.74, 6) is 1.56. The zero-order valence-electron chi connectivity index (χ0n) is 12.4. The maximum absolute atomic E-state index is 12.6. The lowest BCUT2D eigenvalue weighted by Crippen LogP contribution is -2.38. The van der Waals surface area contributed by atoms with Gasteiger partial charge in [0.2, 0.25) is 0 Å². The highest BCUT2D eigenvalue weighted by atomic mass is 16.1. The number of anilines is 1. The Morgan fingerprint density at radius 2 is 1.90 bits per heavy atom. The lowest BCUT2D eigenvalue weighted by atomic mass is 10.0. The van der Waals surface area contributed by atoms with Crippen LogP contribution in [0.25, 0.3) is 0 Å². The predicted molar refractivity (Wildman–Crippen MR) is 82.0 cm³/mol. The number of benzene rings is 1. The fraction of sp³-hybridized carbons (Fsp3) is 0.588. The van der Waals surface area contributed by atoms with Crippen molar-refractivity contribution in [3.63, 3.8) is 0 Å². The van der Waals surface area contributed by atoms with Gasteiger partial charge >= 0.3 is 0 Å². The normalized spacial score (nSPS) is 18.1. The summed E-state index contributed by atoms with van der Waals surface area (Å²) in [4.78, 5) is 12.6. The molecule has 108 valence electrons. The third kappa shape index (κ3) is 2.97. The van der Waals surface area contributed by atoms with Crippen molar-refractivity contribution in [1.82, 2.24) is 5.32 Å². The minimum atomic E-state index is 0.0877. The van der Waals surface area contributed by atoms with Crippen molar-refractivity contribution in [2.24, 2.45) is 11.8 Å². The van der Waals surface area contributed by atoms with Crippen LogP contribution in [-0.4, -0.2) is 18.5 Å². The molecule has 0 atom stereocenters. The molecule has 1 amide bonds. The lowest BCUT2D eigenvalue weighted by Gasteiger charge is -2.19. The van der Waals surface area contributed by atoms with Gasteiger partial charge < -0.3 is 10.6 Å². The quantitative estimate of drug-likeness (QED) is 0.834. The van der Waals surface area contributed by atoms with E-state index in [1.165, 1.54) is 31.2 Å². The first-order valence-electron chi connectivity index (χ1n) is 7.84. The Morgan fingerprint density at radius 1 is 1.25 bits per heavy atom. The van der Waals surface area contributed by atoms with Gasteiger partial charge in [-0.1, -0.05) is 6.07 Å². The Bertz CT molecular complexity index is 492. The van der Waals surface area contributed by atoms with Crippen LogP contribution in [-0.2, 0) is 0 Å². The molecule has 20 heavy (non-hydrogen) atoms. The number of nitrogens with one attached hydrogen (secondary N) is 2. The molecule has 3 rings (SSSR count). The Morgan fingerprint density at radius 3 is 2.45 bits per heavy atom. The van der Waals surface area contributed by atoms with Gasteiger partial charge in [-0.25, -0.2) is 0 Å². The number of rotatable bonds is 6. The molecule has 0 spiro atoms. The van der Waals surface area contributed by atoms with E-state index in [4.69, 9.17) is 0 Å². The molecule has 1 aromatic carbocycles. The van der Waals surface area contributed by atoms with E-state index in [0.29, 0.717) is 6.04 Å². The fourth-order valence-electron chi connectivity index (χ4n) is 2.95. The van der Waals surface area contributed by atoms with E-state index < -0.39 is 0 Å². The van der Waals surface area contributed by atoms with Crippen molar-refractivity contribution in [1.29, 1.82) is 0 Å². The van der Waals surface area contributed by atoms with Gasteiger partial charge in [-0.05, 0) is 69.1 Å². The molecular formula is C17H24N2O. The second kappa shape index (κ2) is 5.47. The Labute approximate surface area is 121 Å². The fourth-order valence-corrected chi connectivity index (χ4v) is 2.95. The van der Waals surface area contributed by atoms with Gasteiger partial charge in [-0.15, -0.1) is 0 Å². The van der Waals surface area contributed by atoms with E-state index in [1.807, 2.05) is 12.1 Å². The maximum Gasteiger partial charge on any atom is 0.253 e. The number of carbonyl (C=O) groups excluding carboxylic acids is 1. The average Bonchev–Trinajstić information content (AvgIpc) is 3.28. The van der Waals surface area contributed by atoms with Crippen LogP contribution in [0, 0.1) is 18.8 Å². The number of hydrogen-bond acceptors (Lipinski definition) is 2. The van der Waals surface area contributed by atoms with E-state index in [-0.39, 0.29) is 5.91 Å². The molecule has 0 unspecified atom stereocenters. The standard InChI is InChI=1S/C17H24N2O/c1-3-18-15-10-11(2)4-9-14(15)17(20)19-16(12-5-6-12)13-7-8-13/h4,9-10,12-13,16,18H,3,5-8H2,1-2H3,(H,19,20). The second-order valence-electron chi connectivity index (χ2n) is 6.25. The molecule has 2 aliphatic rings. The van der Waals surface area contributed by atoms with Crippen molar-refractivity contribution < 1.29 is 4.79 Å². The van der Waals surface area contributed by atoms with Crippen molar-refractivity contribution >= 4 is 11.6 Å². The summed E-state index contributed by atoms with van der Waals surface area (Å²) in [7, 11) is 0. The SMILES string of the molecule is CCNc1cc(C)ccc1C(=O)NC(C1CC1)C1CC1. The molecule has 3 nitrogen and oxygen atoms in total. The summed E-state index contributed by atoms with van der Waals surface area (Å²) in [5.41, 5.74) is 2.91. The highest BCUT2D eigenvalue weighted by Gasteiger charge is 2.42. The largest absolute Gasteiger partial charge is 0.385 e. The van der Waals surface area contributed by atoms with Gasteiger partial charge in [0.1, 0.15) is 0 Å². The van der Waals surface area contributed by atoms with Gasteiger partial charge in [-0.2, -0.15) is 0 Å². The third-order valence-corrected chi connectivity index (χ3v) is 4.34. The van der Waals surface area contributed by atoms with Crippen molar-refractivity contribution in [3.8, 4) is 0 Å². The molecule has 0 aromatic heterocycles. The van der Waals surface area contributed by atoms with Crippen LogP contribution in [0.5, 0.6) is 0 Å². The molecule has 2 fully saturated rings. The Balaban J connectivity index is 1.75. The molecule has 1 aromatic rings. The van der Waals surface area contributed by atoms with Crippen LogP contribution in [0.1, 0.15) is 48.5 Å². The predicted octanol–water partition coefficient (Wildman–Crippen LogP) is 3.35. The summed E-state index contributed by atoms with van der Waals surface area (Å²) < 4.78 is 0. The lowest BCUT2D eigenvalue weighted by molar-refractivity contribution is 0.0927. The molecule has 3 heteroatoms. The average molecular weight is 272 g/mol. The number of hydrogen-bond donors (Lipinski definition) is 2. The zero-order valence-corrected chi connectivity index (χ0v) is 12.4. The molecule has 0 bridgehead atoms. The molecule has 0 aliphatic heterocycles. The summed E-state index contributed by atoms with van der Waals surface area (Å²) in [6, 6.07) is 6.43. The van der Waals surface area contributed by atoms with Crippen LogP contribution >= 0.6 is 0 Å². The first-order chi connectivity index (χ1) is 9.69. The highest BCUT2D eigenvalue weighted by molar-refractivity contribution is 6.00. The van der Waals surface area contributed by atoms with Gasteiger partial charge in [0.15, 0.2) is 0 Å². The third-order valence-electron chi connectivity index (χ3n) is 4.34. The van der Waals surface area contributed by atoms with Gasteiger partial charge in [0, 0.05) is 18.3 Å². The molecular weight excluding hydrogens is 248 g/mol. The van der Waals surface area contributed by atoms with Gasteiger partial charge in [0.25, 0.3) is 5.91 Å². The second-order valence-corrected chi connectivity index (χ2v) is 6.25. The van der Waals surface area contributed by atoms with Crippen molar-refractivity contribution in [3.05, 3.63) is 29.3 Å². The molecule has 2 N–H and O–H groups in total. The number of carbonyl (C=O) groups is 1. The van der Waals surface area contributed by atoms with Crippen molar-refractivity contribution in [2.75, 3.05) is 11.9 Å². The molecule has 0 radical (unpaired) electrons. The maximum atomic E-state index is 12.6. The van der Waals surface area contributed by atoms with Crippen molar-refractivity contribution in [2.45, 2.75) is 45.6 Å².